The predicted octanol–water partition coefficient (Wildman–Crippen LogP) is 4.33. The second-order valence-electron chi connectivity index (χ2n) is 5.35. The third-order valence-electron chi connectivity index (χ3n) is 2.35. The fourth-order valence-electron chi connectivity index (χ4n) is 1.87. The van der Waals surface area contributed by atoms with Crippen LogP contribution in [-0.2, 0) is 6.42 Å². The van der Waals surface area contributed by atoms with E-state index in [4.69, 9.17) is 5.79 Å². The van der Waals surface area contributed by atoms with E-state index in [9.17, 15) is 0 Å². The second-order valence-corrected chi connectivity index (χ2v) is 5.35. The number of furan rings is 1. The largest absolute Gasteiger partial charge is 0.461 e. The van der Waals surface area contributed by atoms with Gasteiger partial charge in [0.05, 0.1) is 1.37 Å². The molecule has 0 radical (unpaired) electrons. The smallest absolute Gasteiger partial charge is 0.134 e. The molecule has 0 bridgehead atoms. The van der Waals surface area contributed by atoms with Crippen molar-refractivity contribution >= 4 is 11.0 Å². The minimum absolute atomic E-state index is 0.272. The van der Waals surface area contributed by atoms with Crippen LogP contribution in [0.5, 0.6) is 0 Å². The zero-order valence-corrected chi connectivity index (χ0v) is 9.85. The van der Waals surface area contributed by atoms with E-state index in [-0.39, 0.29) is 5.41 Å². The fraction of sp³-hybridized carbons (Fsp3) is 0.429. The molecule has 0 unspecified atom stereocenters. The van der Waals surface area contributed by atoms with Crippen LogP contribution in [0.4, 0.5) is 0 Å². The molecule has 2 aromatic rings. The average Bonchev–Trinajstić information content (AvgIpc) is 2.42. The first-order valence-electron chi connectivity index (χ1n) is 5.85. The normalized spacial score (nSPS) is 13.2. The first kappa shape index (κ1) is 9.02. The highest BCUT2D eigenvalue weighted by Crippen LogP contribution is 2.25. The standard InChI is InChI=1S/C14H18O/c1-10-7-12-8-11(9-14(2,3)4)5-6-13(12)15-10/h5-8H,9H2,1-4H3/i7D. The van der Waals surface area contributed by atoms with Crippen LogP contribution in [0.1, 0.15) is 33.5 Å². The zero-order valence-electron chi connectivity index (χ0n) is 10.8. The number of hydrogen-bond donors (Lipinski definition) is 0. The van der Waals surface area contributed by atoms with Crippen molar-refractivity contribution < 1.29 is 5.79 Å². The molecule has 0 aliphatic rings. The van der Waals surface area contributed by atoms with Gasteiger partial charge in [-0.2, -0.15) is 0 Å². The molecule has 1 heteroatoms. The summed E-state index contributed by atoms with van der Waals surface area (Å²) in [6, 6.07) is 6.67. The number of benzene rings is 1. The average molecular weight is 203 g/mol. The van der Waals surface area contributed by atoms with Gasteiger partial charge in [-0.3, -0.25) is 0 Å². The highest BCUT2D eigenvalue weighted by atomic mass is 16.3. The summed E-state index contributed by atoms with van der Waals surface area (Å²) >= 11 is 0. The molecule has 1 heterocycles. The first-order valence-corrected chi connectivity index (χ1v) is 5.35. The molecule has 0 spiro atoms. The van der Waals surface area contributed by atoms with Gasteiger partial charge in [0.15, 0.2) is 0 Å². The Balaban J connectivity index is 2.47. The predicted molar refractivity (Wildman–Crippen MR) is 64.1 cm³/mol. The Kier molecular flexibility index (Phi) is 2.05. The summed E-state index contributed by atoms with van der Waals surface area (Å²) in [6.45, 7) is 8.50. The Morgan fingerprint density at radius 1 is 1.33 bits per heavy atom. The van der Waals surface area contributed by atoms with Crippen molar-refractivity contribution in [2.75, 3.05) is 0 Å². The number of hydrogen-bond acceptors (Lipinski definition) is 1. The van der Waals surface area contributed by atoms with E-state index < -0.39 is 0 Å². The molecule has 0 amide bonds. The van der Waals surface area contributed by atoms with Crippen LogP contribution in [-0.4, -0.2) is 0 Å². The maximum atomic E-state index is 7.90. The van der Waals surface area contributed by atoms with Gasteiger partial charge >= 0.3 is 0 Å². The Labute approximate surface area is 92.5 Å². The Hall–Kier alpha value is -1.24. The molecule has 0 saturated carbocycles. The van der Waals surface area contributed by atoms with Crippen molar-refractivity contribution in [3.8, 4) is 0 Å². The van der Waals surface area contributed by atoms with E-state index in [0.29, 0.717) is 11.8 Å². The minimum atomic E-state index is 0.272. The van der Waals surface area contributed by atoms with Crippen LogP contribution >= 0.6 is 0 Å². The van der Waals surface area contributed by atoms with Crippen LogP contribution in [0.2, 0.25) is 0 Å². The number of fused-ring (bicyclic) bond motifs is 1. The molecule has 0 N–H and O–H groups in total. The van der Waals surface area contributed by atoms with Crippen LogP contribution in [0.3, 0.4) is 0 Å². The van der Waals surface area contributed by atoms with Gasteiger partial charge in [-0.15, -0.1) is 0 Å². The van der Waals surface area contributed by atoms with E-state index in [2.05, 4.69) is 32.9 Å². The Bertz CT molecular complexity index is 517. The Morgan fingerprint density at radius 2 is 2.07 bits per heavy atom. The van der Waals surface area contributed by atoms with Crippen LogP contribution in [0.25, 0.3) is 11.0 Å². The van der Waals surface area contributed by atoms with Crippen molar-refractivity contribution in [2.24, 2.45) is 5.41 Å². The van der Waals surface area contributed by atoms with Crippen molar-refractivity contribution in [3.05, 3.63) is 35.6 Å². The van der Waals surface area contributed by atoms with Gasteiger partial charge in [0.1, 0.15) is 11.3 Å². The van der Waals surface area contributed by atoms with Gasteiger partial charge < -0.3 is 4.42 Å². The number of rotatable bonds is 1. The molecule has 1 aromatic heterocycles. The zero-order chi connectivity index (χ0) is 11.9. The van der Waals surface area contributed by atoms with Gasteiger partial charge in [-0.1, -0.05) is 26.8 Å². The van der Waals surface area contributed by atoms with Gasteiger partial charge in [-0.05, 0) is 42.5 Å². The maximum Gasteiger partial charge on any atom is 0.134 e. The number of aryl methyl sites for hydroxylation is 1. The van der Waals surface area contributed by atoms with E-state index in [1.54, 1.807) is 0 Å². The first-order chi connectivity index (χ1) is 7.37. The molecule has 0 aliphatic carbocycles. The Morgan fingerprint density at radius 3 is 2.73 bits per heavy atom. The molecule has 1 nitrogen and oxygen atoms in total. The topological polar surface area (TPSA) is 13.1 Å². The maximum absolute atomic E-state index is 7.90. The summed E-state index contributed by atoms with van der Waals surface area (Å²) in [5.74, 6) is 0.697. The lowest BCUT2D eigenvalue weighted by atomic mass is 9.88. The van der Waals surface area contributed by atoms with Gasteiger partial charge in [0.2, 0.25) is 0 Å². The molecule has 1 aromatic carbocycles. The molecular formula is C14H18O. The van der Waals surface area contributed by atoms with E-state index in [0.717, 1.165) is 17.4 Å². The highest BCUT2D eigenvalue weighted by Gasteiger charge is 2.11. The van der Waals surface area contributed by atoms with Gasteiger partial charge in [0.25, 0.3) is 0 Å². The van der Waals surface area contributed by atoms with Gasteiger partial charge in [0, 0.05) is 5.39 Å². The molecule has 15 heavy (non-hydrogen) atoms. The molecule has 80 valence electrons. The summed E-state index contributed by atoms with van der Waals surface area (Å²) in [4.78, 5) is 0. The fourth-order valence-corrected chi connectivity index (χ4v) is 1.87. The third-order valence-corrected chi connectivity index (χ3v) is 2.35. The van der Waals surface area contributed by atoms with Crippen molar-refractivity contribution in [1.82, 2.24) is 0 Å². The van der Waals surface area contributed by atoms with E-state index >= 15 is 0 Å². The molecule has 0 atom stereocenters. The third kappa shape index (κ3) is 2.41. The molecule has 2 rings (SSSR count). The van der Waals surface area contributed by atoms with Crippen LogP contribution < -0.4 is 0 Å². The highest BCUT2D eigenvalue weighted by molar-refractivity contribution is 5.78. The molecule has 0 fully saturated rings. The minimum Gasteiger partial charge on any atom is -0.461 e. The van der Waals surface area contributed by atoms with Crippen molar-refractivity contribution in [3.63, 3.8) is 0 Å². The quantitative estimate of drug-likeness (QED) is 0.672. The van der Waals surface area contributed by atoms with Crippen LogP contribution in [0.15, 0.2) is 28.7 Å². The van der Waals surface area contributed by atoms with Crippen molar-refractivity contribution in [1.29, 1.82) is 0 Å². The lowest BCUT2D eigenvalue weighted by Gasteiger charge is -2.17. The lowest BCUT2D eigenvalue weighted by Crippen LogP contribution is -2.08. The SMILES string of the molecule is [2H]c1c(C)oc2ccc(CC(C)(C)C)cc12. The van der Waals surface area contributed by atoms with Gasteiger partial charge in [-0.25, -0.2) is 0 Å². The van der Waals surface area contributed by atoms with E-state index in [1.807, 2.05) is 13.0 Å². The summed E-state index contributed by atoms with van der Waals surface area (Å²) in [5.41, 5.74) is 2.36. The molecule has 0 aliphatic heterocycles. The monoisotopic (exact) mass is 203 g/mol. The summed E-state index contributed by atoms with van der Waals surface area (Å²) < 4.78 is 13.4. The molecular weight excluding hydrogens is 184 g/mol. The second kappa shape index (κ2) is 3.41. The van der Waals surface area contributed by atoms with Crippen LogP contribution in [0, 0.1) is 12.3 Å². The summed E-state index contributed by atoms with van der Waals surface area (Å²) in [7, 11) is 0. The van der Waals surface area contributed by atoms with E-state index in [1.165, 1.54) is 5.56 Å². The lowest BCUT2D eigenvalue weighted by molar-refractivity contribution is 0.411. The summed E-state index contributed by atoms with van der Waals surface area (Å²) in [5, 5.41) is 0.930. The molecule has 0 saturated heterocycles. The summed E-state index contributed by atoms with van der Waals surface area (Å²) in [6.07, 6.45) is 1.02. The van der Waals surface area contributed by atoms with Crippen molar-refractivity contribution in [2.45, 2.75) is 34.1 Å².